The summed E-state index contributed by atoms with van der Waals surface area (Å²) in [6.07, 6.45) is 1.12. The Kier molecular flexibility index (Phi) is 8.02. The number of nitrogens with zero attached hydrogens (tertiary/aromatic N) is 4. The van der Waals surface area contributed by atoms with Crippen LogP contribution in [0.15, 0.2) is 0 Å². The summed E-state index contributed by atoms with van der Waals surface area (Å²) in [5, 5.41) is 8.85. The molecule has 1 aromatic rings. The summed E-state index contributed by atoms with van der Waals surface area (Å²) in [4.78, 5) is 4.70. The molecule has 0 aliphatic rings. The Morgan fingerprint density at radius 1 is 1.25 bits per heavy atom. The van der Waals surface area contributed by atoms with Crippen molar-refractivity contribution in [2.75, 3.05) is 45.6 Å². The van der Waals surface area contributed by atoms with Crippen LogP contribution >= 0.6 is 11.5 Å². The summed E-state index contributed by atoms with van der Waals surface area (Å²) >= 11 is 1.47. The van der Waals surface area contributed by atoms with Crippen molar-refractivity contribution in [3.8, 4) is 0 Å². The van der Waals surface area contributed by atoms with Crippen molar-refractivity contribution in [2.45, 2.75) is 33.7 Å². The van der Waals surface area contributed by atoms with E-state index in [0.29, 0.717) is 5.92 Å². The summed E-state index contributed by atoms with van der Waals surface area (Å²) < 4.78 is 4.09. The molecule has 0 aliphatic heterocycles. The van der Waals surface area contributed by atoms with E-state index >= 15 is 0 Å². The van der Waals surface area contributed by atoms with Gasteiger partial charge in [-0.1, -0.05) is 25.3 Å². The number of aromatic nitrogens is 2. The Morgan fingerprint density at radius 2 is 2.00 bits per heavy atom. The third-order valence-electron chi connectivity index (χ3n) is 2.95. The van der Waals surface area contributed by atoms with Crippen LogP contribution < -0.4 is 5.32 Å². The highest BCUT2D eigenvalue weighted by Gasteiger charge is 2.14. The third-order valence-corrected chi connectivity index (χ3v) is 3.68. The maximum Gasteiger partial charge on any atom is 0.134 e. The van der Waals surface area contributed by atoms with Gasteiger partial charge < -0.3 is 10.2 Å². The molecule has 1 N–H and O–H groups in total. The second-order valence-electron chi connectivity index (χ2n) is 5.91. The monoisotopic (exact) mass is 299 g/mol. The first-order valence-electron chi connectivity index (χ1n) is 7.45. The van der Waals surface area contributed by atoms with Gasteiger partial charge in [0.15, 0.2) is 0 Å². The fourth-order valence-corrected chi connectivity index (χ4v) is 2.59. The molecule has 1 rings (SSSR count). The van der Waals surface area contributed by atoms with Gasteiger partial charge in [-0.05, 0) is 26.4 Å². The van der Waals surface area contributed by atoms with Crippen molar-refractivity contribution in [1.29, 1.82) is 0 Å². The quantitative estimate of drug-likeness (QED) is 0.718. The van der Waals surface area contributed by atoms with Crippen LogP contribution in [0.4, 0.5) is 5.00 Å². The molecule has 20 heavy (non-hydrogen) atoms. The van der Waals surface area contributed by atoms with Gasteiger partial charge >= 0.3 is 0 Å². The number of nitrogens with one attached hydrogen (secondary N) is 1. The van der Waals surface area contributed by atoms with Crippen LogP contribution in [0.5, 0.6) is 0 Å². The summed E-state index contributed by atoms with van der Waals surface area (Å²) in [5.74, 6) is 0.663. The molecule has 6 heteroatoms. The summed E-state index contributed by atoms with van der Waals surface area (Å²) in [7, 11) is 4.23. The number of hydrogen-bond donors (Lipinski definition) is 1. The molecule has 116 valence electrons. The summed E-state index contributed by atoms with van der Waals surface area (Å²) in [6.45, 7) is 11.8. The van der Waals surface area contributed by atoms with E-state index in [2.05, 4.69) is 59.6 Å². The lowest BCUT2D eigenvalue weighted by Crippen LogP contribution is -2.34. The third kappa shape index (κ3) is 6.63. The maximum absolute atomic E-state index is 4.29. The Hall–Kier alpha value is -0.720. The first-order valence-corrected chi connectivity index (χ1v) is 8.22. The molecule has 0 aromatic carbocycles. The van der Waals surface area contributed by atoms with Gasteiger partial charge in [0.05, 0.1) is 0 Å². The lowest BCUT2D eigenvalue weighted by atomic mass is 10.2. The largest absolute Gasteiger partial charge is 0.374 e. The van der Waals surface area contributed by atoms with E-state index in [1.807, 2.05) is 0 Å². The van der Waals surface area contributed by atoms with E-state index in [0.717, 1.165) is 49.8 Å². The normalized spacial score (nSPS) is 11.8. The van der Waals surface area contributed by atoms with Gasteiger partial charge in [0, 0.05) is 44.3 Å². The van der Waals surface area contributed by atoms with E-state index in [1.54, 1.807) is 0 Å². The Balaban J connectivity index is 2.60. The molecule has 0 fully saturated rings. The zero-order valence-corrected chi connectivity index (χ0v) is 14.3. The fourth-order valence-electron chi connectivity index (χ4n) is 1.99. The van der Waals surface area contributed by atoms with Gasteiger partial charge in [-0.3, -0.25) is 4.90 Å². The second kappa shape index (κ2) is 9.26. The predicted molar refractivity (Wildman–Crippen MR) is 87.4 cm³/mol. The molecule has 0 aliphatic carbocycles. The van der Waals surface area contributed by atoms with Gasteiger partial charge in [0.2, 0.25) is 0 Å². The smallest absolute Gasteiger partial charge is 0.134 e. The Morgan fingerprint density at radius 3 is 2.60 bits per heavy atom. The number of rotatable bonds is 10. The van der Waals surface area contributed by atoms with Gasteiger partial charge in [0.25, 0.3) is 0 Å². The first-order chi connectivity index (χ1) is 9.52. The second-order valence-corrected chi connectivity index (χ2v) is 6.66. The van der Waals surface area contributed by atoms with E-state index in [1.165, 1.54) is 11.5 Å². The van der Waals surface area contributed by atoms with Crippen molar-refractivity contribution >= 4 is 16.5 Å². The number of anilines is 1. The standard InChI is InChI=1S/C14H29N5S/c1-6-7-15-14-13(16-17-20-14)11-19(10-12(2)3)9-8-18(4)5/h12,15H,6-11H2,1-5H3. The van der Waals surface area contributed by atoms with Crippen LogP contribution in [0.1, 0.15) is 32.9 Å². The van der Waals surface area contributed by atoms with Crippen LogP contribution in [0.2, 0.25) is 0 Å². The van der Waals surface area contributed by atoms with Crippen molar-refractivity contribution in [3.05, 3.63) is 5.69 Å². The molecule has 0 saturated heterocycles. The summed E-state index contributed by atoms with van der Waals surface area (Å²) in [5.41, 5.74) is 1.09. The highest BCUT2D eigenvalue weighted by Crippen LogP contribution is 2.19. The van der Waals surface area contributed by atoms with Crippen LogP contribution in [0, 0.1) is 5.92 Å². The van der Waals surface area contributed by atoms with Gasteiger partial charge in [0.1, 0.15) is 10.7 Å². The van der Waals surface area contributed by atoms with Crippen molar-refractivity contribution in [2.24, 2.45) is 5.92 Å². The molecule has 0 radical (unpaired) electrons. The zero-order valence-electron chi connectivity index (χ0n) is 13.5. The maximum atomic E-state index is 4.29. The number of hydrogen-bond acceptors (Lipinski definition) is 6. The van der Waals surface area contributed by atoms with Gasteiger partial charge in [-0.15, -0.1) is 5.10 Å². The van der Waals surface area contributed by atoms with E-state index in [-0.39, 0.29) is 0 Å². The molecule has 5 nitrogen and oxygen atoms in total. The van der Waals surface area contributed by atoms with Crippen molar-refractivity contribution in [1.82, 2.24) is 19.4 Å². The lowest BCUT2D eigenvalue weighted by Gasteiger charge is -2.25. The minimum absolute atomic E-state index is 0.663. The fraction of sp³-hybridized carbons (Fsp3) is 0.857. The molecule has 0 spiro atoms. The molecule has 0 atom stereocenters. The average molecular weight is 299 g/mol. The molecule has 1 aromatic heterocycles. The highest BCUT2D eigenvalue weighted by atomic mass is 32.1. The van der Waals surface area contributed by atoms with E-state index < -0.39 is 0 Å². The predicted octanol–water partition coefficient (Wildman–Crippen LogP) is 2.38. The Bertz CT molecular complexity index is 364. The molecule has 1 heterocycles. The SMILES string of the molecule is CCCNc1snnc1CN(CCN(C)C)CC(C)C. The van der Waals surface area contributed by atoms with E-state index in [9.17, 15) is 0 Å². The minimum atomic E-state index is 0.663. The minimum Gasteiger partial charge on any atom is -0.374 e. The van der Waals surface area contributed by atoms with Crippen LogP contribution in [-0.2, 0) is 6.54 Å². The molecule has 0 bridgehead atoms. The van der Waals surface area contributed by atoms with Crippen LogP contribution in [0.3, 0.4) is 0 Å². The molecule has 0 saturated carbocycles. The first kappa shape index (κ1) is 17.3. The van der Waals surface area contributed by atoms with Gasteiger partial charge in [-0.2, -0.15) is 0 Å². The Labute approximate surface area is 127 Å². The number of likely N-dealkylation sites (N-methyl/N-ethyl adjacent to an activating group) is 1. The topological polar surface area (TPSA) is 44.3 Å². The van der Waals surface area contributed by atoms with Crippen molar-refractivity contribution < 1.29 is 0 Å². The van der Waals surface area contributed by atoms with E-state index in [4.69, 9.17) is 0 Å². The van der Waals surface area contributed by atoms with Crippen molar-refractivity contribution in [3.63, 3.8) is 0 Å². The van der Waals surface area contributed by atoms with Gasteiger partial charge in [-0.25, -0.2) is 0 Å². The van der Waals surface area contributed by atoms with Crippen LogP contribution in [0.25, 0.3) is 0 Å². The summed E-state index contributed by atoms with van der Waals surface area (Å²) in [6, 6.07) is 0. The molecule has 0 unspecified atom stereocenters. The molecule has 0 amide bonds. The molecular formula is C14H29N5S. The average Bonchev–Trinajstić information content (AvgIpc) is 2.80. The highest BCUT2D eigenvalue weighted by molar-refractivity contribution is 7.10. The zero-order chi connectivity index (χ0) is 15.0. The molecular weight excluding hydrogens is 270 g/mol. The van der Waals surface area contributed by atoms with Crippen LogP contribution in [-0.4, -0.2) is 59.7 Å². The lowest BCUT2D eigenvalue weighted by molar-refractivity contribution is 0.210.